The first-order valence-electron chi connectivity index (χ1n) is 6.35. The summed E-state index contributed by atoms with van der Waals surface area (Å²) >= 11 is 7.56. The van der Waals surface area contributed by atoms with Gasteiger partial charge in [-0.2, -0.15) is 0 Å². The van der Waals surface area contributed by atoms with E-state index in [9.17, 15) is 14.7 Å². The SMILES string of the molecule is CC(C)[C@@H]1SC[C@@H](C(=O)O)N1C(=O)c1ccccc1Cl. The number of carbonyl (C=O) groups excluding carboxylic acids is 1. The van der Waals surface area contributed by atoms with E-state index in [4.69, 9.17) is 11.6 Å². The Hall–Kier alpha value is -1.20. The van der Waals surface area contributed by atoms with E-state index in [0.29, 0.717) is 16.3 Å². The minimum absolute atomic E-state index is 0.139. The zero-order chi connectivity index (χ0) is 14.9. The monoisotopic (exact) mass is 313 g/mol. The fourth-order valence-electron chi connectivity index (χ4n) is 2.26. The van der Waals surface area contributed by atoms with Crippen LogP contribution in [0.2, 0.25) is 5.02 Å². The van der Waals surface area contributed by atoms with Gasteiger partial charge in [-0.25, -0.2) is 4.79 Å². The van der Waals surface area contributed by atoms with E-state index in [1.54, 1.807) is 24.3 Å². The lowest BCUT2D eigenvalue weighted by molar-refractivity contribution is -0.141. The van der Waals surface area contributed by atoms with Crippen molar-refractivity contribution in [2.24, 2.45) is 5.92 Å². The summed E-state index contributed by atoms with van der Waals surface area (Å²) in [4.78, 5) is 25.5. The smallest absolute Gasteiger partial charge is 0.327 e. The van der Waals surface area contributed by atoms with Gasteiger partial charge in [0.05, 0.1) is 16.0 Å². The number of halogens is 1. The van der Waals surface area contributed by atoms with E-state index in [1.165, 1.54) is 16.7 Å². The van der Waals surface area contributed by atoms with Gasteiger partial charge in [0, 0.05) is 5.75 Å². The number of carbonyl (C=O) groups is 2. The van der Waals surface area contributed by atoms with Crippen molar-refractivity contribution in [3.05, 3.63) is 34.9 Å². The van der Waals surface area contributed by atoms with Gasteiger partial charge in [-0.05, 0) is 18.1 Å². The predicted octanol–water partition coefficient (Wildman–Crippen LogP) is 2.96. The highest BCUT2D eigenvalue weighted by atomic mass is 35.5. The number of aliphatic carboxylic acids is 1. The van der Waals surface area contributed by atoms with Crippen molar-refractivity contribution in [3.8, 4) is 0 Å². The summed E-state index contributed by atoms with van der Waals surface area (Å²) in [7, 11) is 0. The Bertz CT molecular complexity index is 535. The Kier molecular flexibility index (Phi) is 4.60. The molecule has 1 aromatic carbocycles. The fraction of sp³-hybridized carbons (Fsp3) is 0.429. The maximum atomic E-state index is 12.7. The molecule has 1 N–H and O–H groups in total. The van der Waals surface area contributed by atoms with Crippen LogP contribution < -0.4 is 0 Å². The van der Waals surface area contributed by atoms with Crippen LogP contribution in [0.4, 0.5) is 0 Å². The topological polar surface area (TPSA) is 57.6 Å². The second kappa shape index (κ2) is 6.06. The van der Waals surface area contributed by atoms with E-state index in [1.807, 2.05) is 13.8 Å². The van der Waals surface area contributed by atoms with Gasteiger partial charge in [-0.15, -0.1) is 11.8 Å². The van der Waals surface area contributed by atoms with E-state index < -0.39 is 12.0 Å². The molecular weight excluding hydrogens is 298 g/mol. The molecular formula is C14H16ClNO3S. The Balaban J connectivity index is 2.37. The predicted molar refractivity (Wildman–Crippen MR) is 80.1 cm³/mol. The van der Waals surface area contributed by atoms with Crippen molar-refractivity contribution >= 4 is 35.2 Å². The lowest BCUT2D eigenvalue weighted by Crippen LogP contribution is -2.47. The third kappa shape index (κ3) is 2.79. The van der Waals surface area contributed by atoms with Crippen LogP contribution in [0.25, 0.3) is 0 Å². The normalized spacial score (nSPS) is 22.3. The molecule has 0 radical (unpaired) electrons. The van der Waals surface area contributed by atoms with E-state index in [0.717, 1.165) is 0 Å². The van der Waals surface area contributed by atoms with E-state index in [2.05, 4.69) is 0 Å². The highest BCUT2D eigenvalue weighted by Gasteiger charge is 2.43. The molecule has 1 fully saturated rings. The zero-order valence-electron chi connectivity index (χ0n) is 11.2. The molecule has 1 aliphatic rings. The highest BCUT2D eigenvalue weighted by molar-refractivity contribution is 8.00. The number of nitrogens with zero attached hydrogens (tertiary/aromatic N) is 1. The summed E-state index contributed by atoms with van der Waals surface area (Å²) in [5.74, 6) is -0.697. The van der Waals surface area contributed by atoms with Crippen LogP contribution in [0, 0.1) is 5.92 Å². The molecule has 0 aromatic heterocycles. The van der Waals surface area contributed by atoms with Crippen molar-refractivity contribution < 1.29 is 14.7 Å². The molecule has 0 saturated carbocycles. The number of thioether (sulfide) groups is 1. The third-order valence-corrected chi connectivity index (χ3v) is 5.18. The molecule has 4 nitrogen and oxygen atoms in total. The molecule has 1 heterocycles. The lowest BCUT2D eigenvalue weighted by Gasteiger charge is -2.30. The molecule has 108 valence electrons. The first-order chi connectivity index (χ1) is 9.43. The number of hydrogen-bond acceptors (Lipinski definition) is 3. The summed E-state index contributed by atoms with van der Waals surface area (Å²) in [6.45, 7) is 3.96. The summed E-state index contributed by atoms with van der Waals surface area (Å²) in [5.41, 5.74) is 0.355. The molecule has 1 aliphatic heterocycles. The molecule has 20 heavy (non-hydrogen) atoms. The maximum absolute atomic E-state index is 12.7. The molecule has 0 spiro atoms. The molecule has 0 unspecified atom stereocenters. The van der Waals surface area contributed by atoms with Gasteiger partial charge in [0.2, 0.25) is 0 Å². The van der Waals surface area contributed by atoms with Gasteiger partial charge in [-0.3, -0.25) is 4.79 Å². The van der Waals surface area contributed by atoms with Crippen molar-refractivity contribution in [1.82, 2.24) is 4.90 Å². The van der Waals surface area contributed by atoms with E-state index in [-0.39, 0.29) is 17.2 Å². The van der Waals surface area contributed by atoms with Crippen molar-refractivity contribution in [3.63, 3.8) is 0 Å². The first kappa shape index (κ1) is 15.2. The van der Waals surface area contributed by atoms with Crippen molar-refractivity contribution in [2.45, 2.75) is 25.3 Å². The second-order valence-corrected chi connectivity index (χ2v) is 6.57. The first-order valence-corrected chi connectivity index (χ1v) is 7.77. The summed E-state index contributed by atoms with van der Waals surface area (Å²) in [5, 5.41) is 9.52. The standard InChI is InChI=1S/C14H16ClNO3S/c1-8(2)13-16(11(7-20-13)14(18)19)12(17)9-5-3-4-6-10(9)15/h3-6,8,11,13H,7H2,1-2H3,(H,18,19)/t11-,13-/m0/s1. The van der Waals surface area contributed by atoms with Crippen molar-refractivity contribution in [2.75, 3.05) is 5.75 Å². The number of carboxylic acid groups (broad SMARTS) is 1. The van der Waals surface area contributed by atoms with Gasteiger partial charge in [-0.1, -0.05) is 37.6 Å². The second-order valence-electron chi connectivity index (χ2n) is 5.01. The van der Waals surface area contributed by atoms with Crippen LogP contribution in [0.1, 0.15) is 24.2 Å². The van der Waals surface area contributed by atoms with Crippen LogP contribution in [-0.4, -0.2) is 39.1 Å². The minimum Gasteiger partial charge on any atom is -0.480 e. The van der Waals surface area contributed by atoms with Crippen LogP contribution in [0.5, 0.6) is 0 Å². The van der Waals surface area contributed by atoms with Crippen LogP contribution >= 0.6 is 23.4 Å². The number of rotatable bonds is 3. The van der Waals surface area contributed by atoms with Crippen molar-refractivity contribution in [1.29, 1.82) is 0 Å². The highest BCUT2D eigenvalue weighted by Crippen LogP contribution is 2.36. The number of carboxylic acids is 1. The molecule has 2 rings (SSSR count). The van der Waals surface area contributed by atoms with Crippen LogP contribution in [0.3, 0.4) is 0 Å². The molecule has 2 atom stereocenters. The van der Waals surface area contributed by atoms with Crippen LogP contribution in [-0.2, 0) is 4.79 Å². The zero-order valence-corrected chi connectivity index (χ0v) is 12.8. The fourth-order valence-corrected chi connectivity index (χ4v) is 3.95. The molecule has 1 amide bonds. The largest absolute Gasteiger partial charge is 0.480 e. The molecule has 0 bridgehead atoms. The molecule has 1 aromatic rings. The number of benzene rings is 1. The van der Waals surface area contributed by atoms with Gasteiger partial charge < -0.3 is 10.0 Å². The van der Waals surface area contributed by atoms with Gasteiger partial charge in [0.15, 0.2) is 0 Å². The van der Waals surface area contributed by atoms with Crippen LogP contribution in [0.15, 0.2) is 24.3 Å². The molecule has 0 aliphatic carbocycles. The third-order valence-electron chi connectivity index (χ3n) is 3.23. The Labute approximate surface area is 127 Å². The quantitative estimate of drug-likeness (QED) is 0.932. The Morgan fingerprint density at radius 3 is 2.60 bits per heavy atom. The van der Waals surface area contributed by atoms with Gasteiger partial charge >= 0.3 is 5.97 Å². The summed E-state index contributed by atoms with van der Waals surface area (Å²) in [6.07, 6.45) is 0. The summed E-state index contributed by atoms with van der Waals surface area (Å²) in [6, 6.07) is 5.94. The average Bonchev–Trinajstić information content (AvgIpc) is 2.83. The van der Waals surface area contributed by atoms with Gasteiger partial charge in [0.25, 0.3) is 5.91 Å². The number of hydrogen-bond donors (Lipinski definition) is 1. The van der Waals surface area contributed by atoms with Gasteiger partial charge in [0.1, 0.15) is 6.04 Å². The lowest BCUT2D eigenvalue weighted by atomic mass is 10.1. The number of amides is 1. The minimum atomic E-state index is -0.971. The Morgan fingerprint density at radius 1 is 1.40 bits per heavy atom. The average molecular weight is 314 g/mol. The molecule has 1 saturated heterocycles. The Morgan fingerprint density at radius 2 is 2.05 bits per heavy atom. The maximum Gasteiger partial charge on any atom is 0.327 e. The molecule has 6 heteroatoms. The van der Waals surface area contributed by atoms with E-state index >= 15 is 0 Å². The summed E-state index contributed by atoms with van der Waals surface area (Å²) < 4.78 is 0.